The Morgan fingerprint density at radius 1 is 0.577 bits per heavy atom. The zero-order valence-electron chi connectivity index (χ0n) is 70.2. The fourth-order valence-electron chi connectivity index (χ4n) is 14.9. The van der Waals surface area contributed by atoms with E-state index < -0.39 is 219 Å². The van der Waals surface area contributed by atoms with Crippen LogP contribution < -0.4 is 33.5 Å². The average molecular weight is 1890 g/mol. The molecule has 0 radical (unpaired) electrons. The number of aliphatic hydroxyl groups is 12. The van der Waals surface area contributed by atoms with E-state index in [1.54, 1.807) is 27.7 Å². The highest BCUT2D eigenvalue weighted by Crippen LogP contribution is 2.50. The first-order valence-electron chi connectivity index (χ1n) is 39.2. The summed E-state index contributed by atoms with van der Waals surface area (Å²) in [5.74, 6) is -4.19. The van der Waals surface area contributed by atoms with E-state index in [0.29, 0.717) is 22.9 Å². The lowest BCUT2D eigenvalue weighted by molar-refractivity contribution is -0.168. The minimum absolute atomic E-state index is 0.0308. The Morgan fingerprint density at radius 3 is 1.45 bits per heavy atom. The molecule has 0 aromatic carbocycles. The van der Waals surface area contributed by atoms with E-state index >= 15 is 4.39 Å². The molecule has 712 valence electrons. The quantitative estimate of drug-likeness (QED) is 0.0198. The second-order valence-electron chi connectivity index (χ2n) is 32.1. The van der Waals surface area contributed by atoms with Crippen LogP contribution in [0.4, 0.5) is 36.4 Å². The minimum Gasteiger partial charge on any atom is -0.456 e. The summed E-state index contributed by atoms with van der Waals surface area (Å²) >= 11 is 11.6. The molecule has 0 bridgehead atoms. The number of hydrogen-bond acceptors (Lipinski definition) is 37. The Kier molecular flexibility index (Phi) is 29.6. The van der Waals surface area contributed by atoms with Crippen LogP contribution in [0.3, 0.4) is 0 Å². The Bertz CT molecular complexity index is 5790. The summed E-state index contributed by atoms with van der Waals surface area (Å²) in [6, 6.07) is 1.54. The van der Waals surface area contributed by atoms with E-state index in [9.17, 15) is 112 Å². The number of nitrogens with two attached hydrogens (primary N) is 2. The number of carbonyl (C=O) groups excluding carboxylic acids is 2. The molecule has 0 spiro atoms. The number of fused-ring (bicyclic) bond motifs is 4. The monoisotopic (exact) mass is 1890 g/mol. The van der Waals surface area contributed by atoms with E-state index in [4.69, 9.17) is 67.8 Å². The Labute approximate surface area is 739 Å². The van der Waals surface area contributed by atoms with Gasteiger partial charge in [-0.05, 0) is 53.7 Å². The topological polar surface area (TPSA) is 646 Å². The highest BCUT2D eigenvalue weighted by molar-refractivity contribution is 6.19. The first-order valence-corrected chi connectivity index (χ1v) is 40.3. The molecule has 6 saturated heterocycles. The van der Waals surface area contributed by atoms with Crippen LogP contribution in [0.5, 0.6) is 0 Å². The molecule has 8 aromatic heterocycles. The fraction of sp³-hybridized carbons (Fsp3) is 0.553. The normalized spacial score (nSPS) is 33.7. The van der Waals surface area contributed by atoms with Crippen molar-refractivity contribution in [1.82, 2.24) is 88.2 Å². The van der Waals surface area contributed by atoms with Gasteiger partial charge < -0.3 is 136 Å². The molecular weight excluding hydrogens is 1790 g/mol. The molecule has 20 N–H and O–H groups in total. The number of aliphatic imine (C=N–C) groups is 1. The van der Waals surface area contributed by atoms with Gasteiger partial charge in [0.05, 0.1) is 88.3 Å². The second kappa shape index (κ2) is 38.4. The number of nitrogens with zero attached hydrogens (tertiary/aromatic N) is 15. The van der Waals surface area contributed by atoms with Crippen molar-refractivity contribution in [3.05, 3.63) is 148 Å². The van der Waals surface area contributed by atoms with E-state index in [0.717, 1.165) is 17.0 Å². The maximum absolute atomic E-state index is 15.0. The molecule has 8 aliphatic rings. The summed E-state index contributed by atoms with van der Waals surface area (Å²) in [5.41, 5.74) is -0.598. The SMILES string of the molecule is C=C1N=C(N)C=CN1[C@@H]1O[C@@](CO)(CCl)[C@@H](OC(=O)C(C)C)[C@H]1F.C=C1NC(=O)C=CN1[C@@H]1O[C@](C)(CO)[C@@H](O)[C@@]1(C)O.C=C[C@]1(CO)O[C@@H](n2cnc3c(=O)[nH]c(C)nc32)C(F)(F)[C@@H]1O.Cc1nc2c(ncn2[C@@H]2O[C@@](CO)(CCl)[C@@H](O)[C@H]2F)c(=O)[nH]1.Cc1nc2c(ncn2[C@@H]2O[C@](C)(CO)[C@@H](O)[C@H]2F)c(=O)[nH]1.Nc1ccnc2c1ncn2[C@@H]1O[C@@](CO)(CF)[C@@H](O)[C@H]1F. The van der Waals surface area contributed by atoms with Crippen molar-refractivity contribution in [1.29, 1.82) is 0 Å². The minimum atomic E-state index is -3.76. The standard InChI is InChI=1S/C15H21ClFN3O4.C13H14F2N4O4.C12H14ClFN4O4.C12H14F2N4O3.C12H15FN4O4.C12H18N2O5/c1-8(2)14(22)23-12-11(17)13(24-15(12,6-16)7-21)20-5-4-10(18)19-9(20)3;1-3-12(4-20)10(22)13(14,15)11(23-12)19-5-16-7-8(19)17-6(2)18-9(7)21;1-5-16-9-7(10(21)17-5)15-4-18(9)11-6(14)8(20)12(2-13,3-19)22-11;13-3-12(4-19)9(20)7(14)11(21-12)18-5-17-8-6(15)1-2-16-10(8)18;1-5-15-9-7(10(20)16-5)14-4-17(9)11-6(13)8(19)12(2,3-18)21-11;1-7-13-8(16)4-5-14(7)10-12(3,18)9(17)11(2,6-15)19-10/h4-5,8,11-13,21H,3,6-7H2,1-2H3,(H2,18,19);3,5,10-11,20,22H,1,4H2,2H3,(H,17,18,21);4,6,8,11,19-20H,2-3H2,1H3,(H,16,17,21);1-2,5,7,9,11,19-20H,3-4H2,(H2,15,16);4,6,8,11,18-19H,3H2,1-2H3,(H,15,16,20);4-5,9-10,15,17-18H,1,6H2,2-3H3,(H,13,16)/t11-,12+,13-,15-;10-,11-,12-;6-,8+,11-,12-;7-,9+,11-,12-;6-,8+,11-,12-;9-,10-,11-,12-/m111111/s1. The molecule has 6 fully saturated rings. The number of ether oxygens (including phenoxy) is 7. The van der Waals surface area contributed by atoms with Gasteiger partial charge in [-0.1, -0.05) is 33.1 Å². The largest absolute Gasteiger partial charge is 0.456 e. The number of pyridine rings is 1. The predicted molar refractivity (Wildman–Crippen MR) is 439 cm³/mol. The van der Waals surface area contributed by atoms with E-state index in [1.807, 2.05) is 0 Å². The van der Waals surface area contributed by atoms with Crippen molar-refractivity contribution in [3.63, 3.8) is 0 Å². The van der Waals surface area contributed by atoms with Gasteiger partial charge in [-0.25, -0.2) is 66.8 Å². The number of imidazole rings is 4. The number of nitrogens with one attached hydrogen (secondary N) is 4. The Morgan fingerprint density at radius 2 is 1.03 bits per heavy atom. The molecule has 1 amide bonds. The number of H-pyrrole nitrogens is 3. The molecule has 16 rings (SSSR count). The summed E-state index contributed by atoms with van der Waals surface area (Å²) in [7, 11) is 0. The van der Waals surface area contributed by atoms with E-state index in [2.05, 4.69) is 84.9 Å². The molecule has 45 nitrogen and oxygen atoms in total. The molecule has 0 saturated carbocycles. The number of carbonyl (C=O) groups is 2. The number of aliphatic hydroxyl groups excluding tert-OH is 11. The van der Waals surface area contributed by atoms with Gasteiger partial charge in [0.2, 0.25) is 6.23 Å². The lowest BCUT2D eigenvalue weighted by Gasteiger charge is -2.37. The molecule has 8 aliphatic heterocycles. The van der Waals surface area contributed by atoms with Crippen LogP contribution in [0.2, 0.25) is 0 Å². The number of aromatic amines is 3. The van der Waals surface area contributed by atoms with Gasteiger partial charge in [0.15, 0.2) is 113 Å². The number of amides is 1. The number of alkyl halides is 9. The summed E-state index contributed by atoms with van der Waals surface area (Å²) in [4.78, 5) is 104. The van der Waals surface area contributed by atoms with Crippen LogP contribution in [-0.4, -0.2) is 339 Å². The zero-order chi connectivity index (χ0) is 96.1. The number of rotatable bonds is 18. The molecule has 130 heavy (non-hydrogen) atoms. The third-order valence-electron chi connectivity index (χ3n) is 22.6. The van der Waals surface area contributed by atoms with Gasteiger partial charge in [-0.15, -0.1) is 29.8 Å². The number of aryl methyl sites for hydroxylation is 3. The molecule has 16 heterocycles. The molecular formula is C76H96Cl2F7N21O24. The Hall–Kier alpha value is -10.5. The van der Waals surface area contributed by atoms with Gasteiger partial charge in [-0.2, -0.15) is 8.78 Å². The van der Waals surface area contributed by atoms with E-state index in [-0.39, 0.29) is 80.1 Å². The highest BCUT2D eigenvalue weighted by Gasteiger charge is 2.67. The fourth-order valence-corrected chi connectivity index (χ4v) is 15.5. The molecule has 54 heteroatoms. The maximum atomic E-state index is 15.0. The summed E-state index contributed by atoms with van der Waals surface area (Å²) < 4.78 is 143. The number of anilines is 1. The second-order valence-corrected chi connectivity index (χ2v) is 32.7. The first kappa shape index (κ1) is 100. The van der Waals surface area contributed by atoms with Crippen LogP contribution in [-0.2, 0) is 42.7 Å². The van der Waals surface area contributed by atoms with Gasteiger partial charge in [0.1, 0.15) is 105 Å². The molecule has 23 atom stereocenters. The number of hydrogen-bond donors (Lipinski definition) is 18. The number of nitrogen functional groups attached to an aromatic ring is 1. The third-order valence-corrected chi connectivity index (χ3v) is 23.5. The Balaban J connectivity index is 0.000000151. The van der Waals surface area contributed by atoms with Crippen LogP contribution in [0.1, 0.15) is 77.0 Å². The van der Waals surface area contributed by atoms with Crippen molar-refractivity contribution in [2.45, 2.75) is 199 Å². The van der Waals surface area contributed by atoms with Gasteiger partial charge >= 0.3 is 11.9 Å². The predicted octanol–water partition coefficient (Wildman–Crippen LogP) is -1.66. The van der Waals surface area contributed by atoms with Crippen LogP contribution in [0.25, 0.3) is 44.7 Å². The van der Waals surface area contributed by atoms with Crippen molar-refractivity contribution in [2.24, 2.45) is 16.6 Å². The molecule has 0 unspecified atom stereocenters. The number of aromatic nitrogens is 15. The zero-order valence-corrected chi connectivity index (χ0v) is 71.7. The van der Waals surface area contributed by atoms with Gasteiger partial charge in [0.25, 0.3) is 22.6 Å². The maximum Gasteiger partial charge on any atom is 0.320 e. The molecule has 0 aliphatic carbocycles. The average Bonchev–Trinajstić information content (AvgIpc) is 1.57. The van der Waals surface area contributed by atoms with Crippen molar-refractivity contribution < 1.29 is 135 Å². The lowest BCUT2D eigenvalue weighted by atomic mass is 9.89. The van der Waals surface area contributed by atoms with Crippen LogP contribution in [0.15, 0.2) is 119 Å². The van der Waals surface area contributed by atoms with Gasteiger partial charge in [-0.3, -0.25) is 42.2 Å². The van der Waals surface area contributed by atoms with E-state index in [1.165, 1.54) is 107 Å². The summed E-state index contributed by atoms with van der Waals surface area (Å²) in [6.45, 7) is 17.7. The smallest absolute Gasteiger partial charge is 0.320 e. The van der Waals surface area contributed by atoms with Gasteiger partial charge in [0, 0.05) is 24.7 Å². The first-order chi connectivity index (χ1) is 61.1. The number of amidine groups is 1. The summed E-state index contributed by atoms with van der Waals surface area (Å²) in [6.07, 6.45) is -12.6. The van der Waals surface area contributed by atoms with Crippen molar-refractivity contribution in [2.75, 3.05) is 63.8 Å². The third kappa shape index (κ3) is 18.0. The van der Waals surface area contributed by atoms with Crippen LogP contribution in [0, 0.1) is 26.7 Å². The molecule has 8 aromatic rings. The van der Waals surface area contributed by atoms with Crippen molar-refractivity contribution >= 4 is 91.3 Å². The van der Waals surface area contributed by atoms with Crippen LogP contribution >= 0.6 is 23.2 Å². The number of esters is 1. The number of halogens is 9. The highest BCUT2D eigenvalue weighted by atomic mass is 35.5. The summed E-state index contributed by atoms with van der Waals surface area (Å²) in [5, 5.41) is 119. The van der Waals surface area contributed by atoms with Crippen molar-refractivity contribution in [3.8, 4) is 0 Å². The lowest BCUT2D eigenvalue weighted by Crippen LogP contribution is -2.54.